The van der Waals surface area contributed by atoms with Gasteiger partial charge in [0.15, 0.2) is 0 Å². The highest BCUT2D eigenvalue weighted by atomic mass is 19.4. The fraction of sp³-hybridized carbons (Fsp3) is 0.385. The van der Waals surface area contributed by atoms with E-state index in [1.54, 1.807) is 42.7 Å². The van der Waals surface area contributed by atoms with Gasteiger partial charge in [-0.3, -0.25) is 4.79 Å². The molecule has 2 aliphatic rings. The average Bonchev–Trinajstić information content (AvgIpc) is 3.56. The van der Waals surface area contributed by atoms with Crippen molar-refractivity contribution in [3.8, 4) is 11.4 Å². The molecule has 3 heterocycles. The Morgan fingerprint density at radius 2 is 1.81 bits per heavy atom. The Labute approximate surface area is 211 Å². The molecule has 0 spiro atoms. The van der Waals surface area contributed by atoms with Crippen molar-refractivity contribution in [1.29, 1.82) is 0 Å². The number of alkyl halides is 3. The lowest BCUT2D eigenvalue weighted by Crippen LogP contribution is -2.41. The van der Waals surface area contributed by atoms with Gasteiger partial charge in [0.2, 0.25) is 5.82 Å². The number of amides is 2. The molecule has 194 valence electrons. The summed E-state index contributed by atoms with van der Waals surface area (Å²) in [6.07, 6.45) is -5.20. The first kappa shape index (κ1) is 24.8. The molecular formula is C26H25F3N4O4. The molecule has 0 aliphatic carbocycles. The zero-order chi connectivity index (χ0) is 26.5. The number of fused-ring (bicyclic) bond motifs is 1. The largest absolute Gasteiger partial charge is 0.471 e. The molecule has 0 saturated carbocycles. The molecule has 2 atom stereocenters. The van der Waals surface area contributed by atoms with Crippen molar-refractivity contribution in [2.75, 3.05) is 13.1 Å². The highest BCUT2D eigenvalue weighted by Crippen LogP contribution is 2.38. The van der Waals surface area contributed by atoms with E-state index in [-0.39, 0.29) is 29.3 Å². The van der Waals surface area contributed by atoms with Crippen molar-refractivity contribution in [2.45, 2.75) is 51.1 Å². The molecule has 0 bridgehead atoms. The summed E-state index contributed by atoms with van der Waals surface area (Å²) in [4.78, 5) is 33.2. The Morgan fingerprint density at radius 1 is 1.08 bits per heavy atom. The zero-order valence-corrected chi connectivity index (χ0v) is 20.5. The van der Waals surface area contributed by atoms with Crippen LogP contribution in [0.3, 0.4) is 0 Å². The third-order valence-electron chi connectivity index (χ3n) is 6.44. The molecule has 1 saturated heterocycles. The summed E-state index contributed by atoms with van der Waals surface area (Å²) in [5.74, 6) is -2.11. The maximum Gasteiger partial charge on any atom is 0.471 e. The number of carbonyl (C=O) groups is 2. The molecule has 2 amide bonds. The van der Waals surface area contributed by atoms with Gasteiger partial charge < -0.3 is 19.1 Å². The molecule has 3 aromatic rings. The number of carbonyl (C=O) groups excluding carboxylic acids is 2. The highest BCUT2D eigenvalue weighted by Gasteiger charge is 2.45. The Kier molecular flexibility index (Phi) is 5.96. The van der Waals surface area contributed by atoms with Crippen LogP contribution < -0.4 is 0 Å². The van der Waals surface area contributed by atoms with Crippen molar-refractivity contribution in [2.24, 2.45) is 0 Å². The van der Waals surface area contributed by atoms with E-state index in [4.69, 9.17) is 4.74 Å². The van der Waals surface area contributed by atoms with Crippen LogP contribution in [0.4, 0.5) is 18.0 Å². The minimum absolute atomic E-state index is 0.141. The number of benzene rings is 2. The van der Waals surface area contributed by atoms with Crippen molar-refractivity contribution < 1.29 is 32.0 Å². The maximum absolute atomic E-state index is 13.6. The van der Waals surface area contributed by atoms with Crippen molar-refractivity contribution in [1.82, 2.24) is 19.9 Å². The number of hydrogen-bond acceptors (Lipinski definition) is 6. The first-order chi connectivity index (χ1) is 17.4. The van der Waals surface area contributed by atoms with E-state index < -0.39 is 23.8 Å². The third-order valence-corrected chi connectivity index (χ3v) is 6.44. The van der Waals surface area contributed by atoms with E-state index >= 15 is 0 Å². The van der Waals surface area contributed by atoms with Crippen LogP contribution in [-0.4, -0.2) is 56.7 Å². The lowest BCUT2D eigenvalue weighted by Gasteiger charge is -2.29. The van der Waals surface area contributed by atoms with Gasteiger partial charge in [-0.25, -0.2) is 4.79 Å². The summed E-state index contributed by atoms with van der Waals surface area (Å²) in [6, 6.07) is 14.1. The van der Waals surface area contributed by atoms with Crippen molar-refractivity contribution in [3.05, 3.63) is 71.1 Å². The zero-order valence-electron chi connectivity index (χ0n) is 20.5. The van der Waals surface area contributed by atoms with E-state index in [0.717, 1.165) is 11.1 Å². The number of ether oxygens (including phenoxy) is 1. The predicted octanol–water partition coefficient (Wildman–Crippen LogP) is 5.11. The minimum atomic E-state index is -4.76. The number of aromatic nitrogens is 2. The SMILES string of the molecule is CC(C)(C)OC(=O)N1CC(c2ccccc2)C(N2Cc3ccc(-c4noc(C(F)(F)F)n4)cc3C2=O)C1. The van der Waals surface area contributed by atoms with E-state index in [1.807, 2.05) is 30.3 Å². The Morgan fingerprint density at radius 3 is 2.46 bits per heavy atom. The quantitative estimate of drug-likeness (QED) is 0.483. The standard InChI is InChI=1S/C26H25F3N4O4/c1-25(2,3)36-24(35)32-13-19(15-7-5-4-6-8-15)20(14-32)33-12-17-10-9-16(11-18(17)22(33)34)21-30-23(37-31-21)26(27,28)29/h4-11,19-20H,12-14H2,1-3H3. The van der Waals surface area contributed by atoms with E-state index in [1.165, 1.54) is 6.07 Å². The van der Waals surface area contributed by atoms with Gasteiger partial charge in [-0.1, -0.05) is 47.6 Å². The van der Waals surface area contributed by atoms with Gasteiger partial charge >= 0.3 is 18.2 Å². The number of nitrogens with zero attached hydrogens (tertiary/aromatic N) is 4. The summed E-state index contributed by atoms with van der Waals surface area (Å²) < 4.78 is 48.6. The van der Waals surface area contributed by atoms with Gasteiger partial charge in [0, 0.05) is 36.7 Å². The first-order valence-electron chi connectivity index (χ1n) is 11.8. The van der Waals surface area contributed by atoms with Crippen molar-refractivity contribution in [3.63, 3.8) is 0 Å². The number of likely N-dealkylation sites (tertiary alicyclic amines) is 1. The molecule has 8 nitrogen and oxygen atoms in total. The van der Waals surface area contributed by atoms with Crippen LogP contribution in [0.1, 0.15) is 54.1 Å². The number of rotatable bonds is 3. The molecule has 1 fully saturated rings. The third kappa shape index (κ3) is 4.90. The lowest BCUT2D eigenvalue weighted by molar-refractivity contribution is -0.159. The van der Waals surface area contributed by atoms with Crippen LogP contribution in [-0.2, 0) is 17.5 Å². The molecule has 0 N–H and O–H groups in total. The Hall–Kier alpha value is -3.89. The molecular weight excluding hydrogens is 489 g/mol. The van der Waals surface area contributed by atoms with Crippen LogP contribution in [0, 0.1) is 0 Å². The van der Waals surface area contributed by atoms with Crippen LogP contribution in [0.5, 0.6) is 0 Å². The van der Waals surface area contributed by atoms with Gasteiger partial charge in [0.05, 0.1) is 6.04 Å². The molecule has 0 radical (unpaired) electrons. The smallest absolute Gasteiger partial charge is 0.444 e. The van der Waals surface area contributed by atoms with Crippen LogP contribution in [0.15, 0.2) is 53.1 Å². The number of halogens is 3. The van der Waals surface area contributed by atoms with Gasteiger partial charge in [-0.15, -0.1) is 0 Å². The van der Waals surface area contributed by atoms with Gasteiger partial charge in [0.25, 0.3) is 5.91 Å². The molecule has 2 unspecified atom stereocenters. The van der Waals surface area contributed by atoms with E-state index in [2.05, 4.69) is 14.7 Å². The maximum atomic E-state index is 13.6. The second-order valence-corrected chi connectivity index (χ2v) is 10.2. The second kappa shape index (κ2) is 8.89. The highest BCUT2D eigenvalue weighted by molar-refractivity contribution is 5.99. The summed E-state index contributed by atoms with van der Waals surface area (Å²) in [6.45, 7) is 6.38. The first-order valence-corrected chi connectivity index (χ1v) is 11.8. The second-order valence-electron chi connectivity index (χ2n) is 10.2. The molecule has 1 aromatic heterocycles. The minimum Gasteiger partial charge on any atom is -0.444 e. The van der Waals surface area contributed by atoms with Crippen LogP contribution in [0.2, 0.25) is 0 Å². The van der Waals surface area contributed by atoms with Crippen LogP contribution in [0.25, 0.3) is 11.4 Å². The van der Waals surface area contributed by atoms with E-state index in [9.17, 15) is 22.8 Å². The topological polar surface area (TPSA) is 88.8 Å². The van der Waals surface area contributed by atoms with Crippen LogP contribution >= 0.6 is 0 Å². The Balaban J connectivity index is 1.42. The molecule has 2 aliphatic heterocycles. The molecule has 11 heteroatoms. The predicted molar refractivity (Wildman–Crippen MR) is 125 cm³/mol. The fourth-order valence-electron chi connectivity index (χ4n) is 4.79. The average molecular weight is 515 g/mol. The summed E-state index contributed by atoms with van der Waals surface area (Å²) in [5.41, 5.74) is 1.67. The normalized spacial score (nSPS) is 19.9. The van der Waals surface area contributed by atoms with Gasteiger partial charge in [-0.05, 0) is 38.0 Å². The monoisotopic (exact) mass is 514 g/mol. The van der Waals surface area contributed by atoms with Gasteiger partial charge in [-0.2, -0.15) is 18.2 Å². The van der Waals surface area contributed by atoms with E-state index in [0.29, 0.717) is 25.2 Å². The summed E-state index contributed by atoms with van der Waals surface area (Å²) >= 11 is 0. The fourth-order valence-corrected chi connectivity index (χ4v) is 4.79. The summed E-state index contributed by atoms with van der Waals surface area (Å²) in [5, 5.41) is 3.42. The summed E-state index contributed by atoms with van der Waals surface area (Å²) in [7, 11) is 0. The molecule has 5 rings (SSSR count). The van der Waals surface area contributed by atoms with Crippen molar-refractivity contribution >= 4 is 12.0 Å². The number of hydrogen-bond donors (Lipinski definition) is 0. The Bertz CT molecular complexity index is 1330. The lowest BCUT2D eigenvalue weighted by atomic mass is 9.93. The molecule has 2 aromatic carbocycles. The molecule has 37 heavy (non-hydrogen) atoms. The van der Waals surface area contributed by atoms with Gasteiger partial charge in [0.1, 0.15) is 5.60 Å².